The molecule has 2 unspecified atom stereocenters. The first-order valence-corrected chi connectivity index (χ1v) is 8.24. The molecule has 0 radical (unpaired) electrons. The predicted octanol–water partition coefficient (Wildman–Crippen LogP) is 1.78. The molecule has 0 aromatic carbocycles. The first-order valence-electron chi connectivity index (χ1n) is 8.24. The molecular formula is C17H25N5O. The van der Waals surface area contributed by atoms with Crippen molar-refractivity contribution >= 4 is 16.9 Å². The number of hydrogen-bond donors (Lipinski definition) is 1. The quantitative estimate of drug-likeness (QED) is 0.916. The molecule has 2 aromatic heterocycles. The van der Waals surface area contributed by atoms with E-state index in [2.05, 4.69) is 17.0 Å². The van der Waals surface area contributed by atoms with Crippen molar-refractivity contribution in [2.24, 2.45) is 18.7 Å². The molecule has 6 nitrogen and oxygen atoms in total. The Morgan fingerprint density at radius 2 is 2.13 bits per heavy atom. The summed E-state index contributed by atoms with van der Waals surface area (Å²) < 4.78 is 1.76. The summed E-state index contributed by atoms with van der Waals surface area (Å²) in [4.78, 5) is 19.6. The summed E-state index contributed by atoms with van der Waals surface area (Å²) in [5, 5.41) is 5.34. The van der Waals surface area contributed by atoms with Crippen molar-refractivity contribution in [3.8, 4) is 0 Å². The number of hydrogen-bond acceptors (Lipinski definition) is 4. The largest absolute Gasteiger partial charge is 0.334 e. The third kappa shape index (κ3) is 2.72. The number of fused-ring (bicyclic) bond motifs is 1. The molecule has 0 aliphatic carbocycles. The average Bonchev–Trinajstić information content (AvgIpc) is 2.79. The van der Waals surface area contributed by atoms with Crippen LogP contribution in [0.4, 0.5) is 0 Å². The Labute approximate surface area is 136 Å². The van der Waals surface area contributed by atoms with Gasteiger partial charge in [-0.05, 0) is 38.7 Å². The lowest BCUT2D eigenvalue weighted by Crippen LogP contribution is -2.49. The second-order valence-electron chi connectivity index (χ2n) is 6.72. The first kappa shape index (κ1) is 15.9. The second-order valence-corrected chi connectivity index (χ2v) is 6.72. The van der Waals surface area contributed by atoms with Crippen LogP contribution in [0, 0.1) is 19.8 Å². The molecule has 0 spiro atoms. The number of aryl methyl sites for hydroxylation is 3. The molecule has 2 aromatic rings. The van der Waals surface area contributed by atoms with Crippen LogP contribution >= 0.6 is 0 Å². The highest BCUT2D eigenvalue weighted by atomic mass is 16.2. The lowest BCUT2D eigenvalue weighted by molar-refractivity contribution is 0.0572. The minimum absolute atomic E-state index is 0.0440. The predicted molar refractivity (Wildman–Crippen MR) is 90.3 cm³/mol. The average molecular weight is 315 g/mol. The zero-order valence-electron chi connectivity index (χ0n) is 14.3. The van der Waals surface area contributed by atoms with Gasteiger partial charge in [0.1, 0.15) is 0 Å². The standard InChI is InChI=1S/C17H25N5O/c1-10-5-6-22(13(7-10)9-18)17(23)15-8-14-12(3)20-21(4)16(14)19-11(15)2/h8,10,13H,5-7,9,18H2,1-4H3. The third-order valence-corrected chi connectivity index (χ3v) is 4.93. The Morgan fingerprint density at radius 1 is 1.39 bits per heavy atom. The number of nitrogens with two attached hydrogens (primary N) is 1. The SMILES string of the molecule is Cc1nc2c(cc1C(=O)N1CCC(C)CC1CN)c(C)nn2C. The molecule has 6 heteroatoms. The van der Waals surface area contributed by atoms with Crippen LogP contribution in [0.1, 0.15) is 41.5 Å². The normalized spacial score (nSPS) is 21.9. The number of likely N-dealkylation sites (tertiary alicyclic amines) is 1. The number of carbonyl (C=O) groups is 1. The van der Waals surface area contributed by atoms with Crippen molar-refractivity contribution in [2.45, 2.75) is 39.7 Å². The monoisotopic (exact) mass is 315 g/mol. The highest BCUT2D eigenvalue weighted by molar-refractivity contribution is 5.99. The van der Waals surface area contributed by atoms with E-state index < -0.39 is 0 Å². The fourth-order valence-electron chi connectivity index (χ4n) is 3.55. The van der Waals surface area contributed by atoms with Crippen molar-refractivity contribution < 1.29 is 4.79 Å². The Hall–Kier alpha value is -1.95. The molecule has 23 heavy (non-hydrogen) atoms. The van der Waals surface area contributed by atoms with E-state index >= 15 is 0 Å². The molecule has 0 bridgehead atoms. The fraction of sp³-hybridized carbons (Fsp3) is 0.588. The first-order chi connectivity index (χ1) is 10.9. The minimum atomic E-state index is 0.0440. The van der Waals surface area contributed by atoms with Gasteiger partial charge in [0, 0.05) is 31.6 Å². The number of carbonyl (C=O) groups excluding carboxylic acids is 1. The van der Waals surface area contributed by atoms with Gasteiger partial charge in [0.05, 0.1) is 17.0 Å². The van der Waals surface area contributed by atoms with E-state index in [-0.39, 0.29) is 11.9 Å². The molecule has 124 valence electrons. The van der Waals surface area contributed by atoms with Crippen LogP contribution in [0.15, 0.2) is 6.07 Å². The number of nitrogens with zero attached hydrogens (tertiary/aromatic N) is 4. The summed E-state index contributed by atoms with van der Waals surface area (Å²) in [5.41, 5.74) is 9.04. The van der Waals surface area contributed by atoms with Crippen LogP contribution in [0.5, 0.6) is 0 Å². The van der Waals surface area contributed by atoms with Crippen molar-refractivity contribution in [3.63, 3.8) is 0 Å². The van der Waals surface area contributed by atoms with Crippen molar-refractivity contribution in [1.82, 2.24) is 19.7 Å². The van der Waals surface area contributed by atoms with E-state index in [1.165, 1.54) is 0 Å². The number of aromatic nitrogens is 3. The minimum Gasteiger partial charge on any atom is -0.334 e. The zero-order valence-corrected chi connectivity index (χ0v) is 14.3. The summed E-state index contributed by atoms with van der Waals surface area (Å²) in [7, 11) is 1.87. The highest BCUT2D eigenvalue weighted by Crippen LogP contribution is 2.26. The van der Waals surface area contributed by atoms with Gasteiger partial charge in [0.25, 0.3) is 5.91 Å². The molecule has 3 heterocycles. The molecular weight excluding hydrogens is 290 g/mol. The summed E-state index contributed by atoms with van der Waals surface area (Å²) in [6, 6.07) is 2.06. The highest BCUT2D eigenvalue weighted by Gasteiger charge is 2.30. The smallest absolute Gasteiger partial charge is 0.256 e. The molecule has 1 aliphatic rings. The van der Waals surface area contributed by atoms with Gasteiger partial charge < -0.3 is 10.6 Å². The van der Waals surface area contributed by atoms with Crippen LogP contribution < -0.4 is 5.73 Å². The van der Waals surface area contributed by atoms with Crippen molar-refractivity contribution in [1.29, 1.82) is 0 Å². The van der Waals surface area contributed by atoms with Crippen LogP contribution in [-0.2, 0) is 7.05 Å². The molecule has 2 atom stereocenters. The Morgan fingerprint density at radius 3 is 2.83 bits per heavy atom. The Balaban J connectivity index is 2.00. The van der Waals surface area contributed by atoms with Crippen LogP contribution in [0.3, 0.4) is 0 Å². The molecule has 0 saturated carbocycles. The molecule has 1 amide bonds. The summed E-state index contributed by atoms with van der Waals surface area (Å²) in [6.45, 7) is 7.34. The van der Waals surface area contributed by atoms with E-state index in [0.29, 0.717) is 18.0 Å². The second kappa shape index (κ2) is 5.92. The fourth-order valence-corrected chi connectivity index (χ4v) is 3.55. The van der Waals surface area contributed by atoms with Gasteiger partial charge in [0.2, 0.25) is 0 Å². The molecule has 1 aliphatic heterocycles. The van der Waals surface area contributed by atoms with Gasteiger partial charge >= 0.3 is 0 Å². The van der Waals surface area contributed by atoms with Gasteiger partial charge in [-0.1, -0.05) is 6.92 Å². The summed E-state index contributed by atoms with van der Waals surface area (Å²) in [5.74, 6) is 0.664. The van der Waals surface area contributed by atoms with E-state index in [9.17, 15) is 4.79 Å². The van der Waals surface area contributed by atoms with Crippen LogP contribution in [0.2, 0.25) is 0 Å². The Kier molecular flexibility index (Phi) is 4.10. The third-order valence-electron chi connectivity index (χ3n) is 4.93. The topological polar surface area (TPSA) is 77.0 Å². The van der Waals surface area contributed by atoms with Gasteiger partial charge in [-0.15, -0.1) is 0 Å². The van der Waals surface area contributed by atoms with E-state index in [0.717, 1.165) is 41.8 Å². The molecule has 2 N–H and O–H groups in total. The molecule has 1 fully saturated rings. The Bertz CT molecular complexity index is 751. The maximum Gasteiger partial charge on any atom is 0.256 e. The van der Waals surface area contributed by atoms with Gasteiger partial charge in [-0.25, -0.2) is 4.98 Å². The number of amides is 1. The number of rotatable bonds is 2. The van der Waals surface area contributed by atoms with Crippen molar-refractivity contribution in [3.05, 3.63) is 23.0 Å². The zero-order chi connectivity index (χ0) is 16.7. The lowest BCUT2D eigenvalue weighted by atomic mass is 9.91. The van der Waals surface area contributed by atoms with Gasteiger partial charge in [-0.3, -0.25) is 9.48 Å². The molecule has 1 saturated heterocycles. The molecule has 3 rings (SSSR count). The van der Waals surface area contributed by atoms with Crippen LogP contribution in [0.25, 0.3) is 11.0 Å². The number of pyridine rings is 1. The van der Waals surface area contributed by atoms with Gasteiger partial charge in [-0.2, -0.15) is 5.10 Å². The summed E-state index contributed by atoms with van der Waals surface area (Å²) in [6.07, 6.45) is 2.01. The number of piperidine rings is 1. The van der Waals surface area contributed by atoms with Crippen molar-refractivity contribution in [2.75, 3.05) is 13.1 Å². The maximum absolute atomic E-state index is 13.1. The summed E-state index contributed by atoms with van der Waals surface area (Å²) >= 11 is 0. The van der Waals surface area contributed by atoms with Crippen LogP contribution in [-0.4, -0.2) is 44.7 Å². The van der Waals surface area contributed by atoms with E-state index in [1.54, 1.807) is 4.68 Å². The maximum atomic E-state index is 13.1. The van der Waals surface area contributed by atoms with E-state index in [4.69, 9.17) is 5.73 Å². The van der Waals surface area contributed by atoms with Gasteiger partial charge in [0.15, 0.2) is 5.65 Å². The lowest BCUT2D eigenvalue weighted by Gasteiger charge is -2.38. The van der Waals surface area contributed by atoms with E-state index in [1.807, 2.05) is 31.9 Å².